The van der Waals surface area contributed by atoms with Crippen molar-refractivity contribution in [2.45, 2.75) is 98.8 Å². The summed E-state index contributed by atoms with van der Waals surface area (Å²) >= 11 is -2.58. The molecule has 0 saturated heterocycles. The predicted molar refractivity (Wildman–Crippen MR) is 201 cm³/mol. The van der Waals surface area contributed by atoms with E-state index in [0.29, 0.717) is 9.26 Å². The number of rotatable bonds is 10. The molecule has 4 bridgehead atoms. The fraction of sp³-hybridized carbons (Fsp3) is 0.364. The summed E-state index contributed by atoms with van der Waals surface area (Å²) in [6.07, 6.45) is 7.68. The van der Waals surface area contributed by atoms with Gasteiger partial charge in [-0.25, -0.2) is 0 Å². The van der Waals surface area contributed by atoms with Crippen LogP contribution in [0.4, 0.5) is 0 Å². The summed E-state index contributed by atoms with van der Waals surface area (Å²) in [6.45, 7) is 15.4. The van der Waals surface area contributed by atoms with E-state index in [1.165, 1.54) is 71.0 Å². The molecule has 0 fully saturated rings. The zero-order valence-corrected chi connectivity index (χ0v) is 31.4. The first-order valence-electron chi connectivity index (χ1n) is 18.1. The van der Waals surface area contributed by atoms with E-state index in [9.17, 15) is 0 Å². The maximum absolute atomic E-state index is 2.74. The van der Waals surface area contributed by atoms with Gasteiger partial charge in [0.15, 0.2) is 0 Å². The molecule has 2 unspecified atom stereocenters. The molecule has 46 heavy (non-hydrogen) atoms. The number of fused-ring (bicyclic) bond motifs is 8. The van der Waals surface area contributed by atoms with Crippen LogP contribution in [0.1, 0.15) is 97.7 Å². The van der Waals surface area contributed by atoms with Crippen LogP contribution in [-0.4, -0.2) is 8.07 Å². The third-order valence-corrected chi connectivity index (χ3v) is 23.9. The molecular formula is C44H52SiV. The minimum atomic E-state index is -2.58. The van der Waals surface area contributed by atoms with Gasteiger partial charge < -0.3 is 0 Å². The first-order valence-corrected chi connectivity index (χ1v) is 24.7. The molecule has 0 aromatic heterocycles. The zero-order chi connectivity index (χ0) is 32.1. The molecule has 7 rings (SSSR count). The summed E-state index contributed by atoms with van der Waals surface area (Å²) in [5.74, 6) is 0. The number of hydrogen-bond donors (Lipinski definition) is 0. The van der Waals surface area contributed by atoms with Crippen LogP contribution in [0.25, 0.3) is 32.6 Å². The Morgan fingerprint density at radius 2 is 0.935 bits per heavy atom. The summed E-state index contributed by atoms with van der Waals surface area (Å²) in [6, 6.07) is 37.6. The van der Waals surface area contributed by atoms with Crippen molar-refractivity contribution in [2.24, 2.45) is 0 Å². The minimum absolute atomic E-state index is 0.640. The first-order chi connectivity index (χ1) is 22.4. The molecule has 2 aliphatic carbocycles. The Balaban J connectivity index is 1.64. The second kappa shape index (κ2) is 12.6. The van der Waals surface area contributed by atoms with Crippen LogP contribution in [0.2, 0.25) is 23.4 Å². The number of hydrogen-bond acceptors (Lipinski definition) is 0. The quantitative estimate of drug-likeness (QED) is 0.149. The van der Waals surface area contributed by atoms with Gasteiger partial charge in [-0.2, -0.15) is 0 Å². The van der Waals surface area contributed by atoms with Crippen molar-refractivity contribution in [2.75, 3.05) is 0 Å². The summed E-state index contributed by atoms with van der Waals surface area (Å²) in [7, 11) is -2.19. The van der Waals surface area contributed by atoms with E-state index in [4.69, 9.17) is 0 Å². The van der Waals surface area contributed by atoms with Crippen molar-refractivity contribution < 1.29 is 14.0 Å². The van der Waals surface area contributed by atoms with Crippen molar-refractivity contribution >= 4 is 18.5 Å². The molecule has 4 aromatic rings. The molecule has 0 N–H and O–H groups in total. The zero-order valence-electron chi connectivity index (χ0n) is 29.0. The van der Waals surface area contributed by atoms with Crippen LogP contribution in [0.3, 0.4) is 0 Å². The van der Waals surface area contributed by atoms with Gasteiger partial charge in [0.25, 0.3) is 0 Å². The van der Waals surface area contributed by atoms with Gasteiger partial charge in [-0.1, -0.05) is 0 Å². The standard InChI is InChI=1S/C36H34Si.2C4H9.V/c1-5-25-23-29-19-13-21-31(27-15-9-7-10-16-27)33(29)35(25)37(3,4)36-26(6-2)24-30-20-14-22-32(34(30)36)28-17-11-8-12-18-28;2*1-3-4-2;/h7-24H,5-6H2,1-4H3;2*1,3-4H2,2H3;. The van der Waals surface area contributed by atoms with Gasteiger partial charge in [0.1, 0.15) is 0 Å². The van der Waals surface area contributed by atoms with Crippen molar-refractivity contribution in [1.29, 1.82) is 0 Å². The molecule has 0 nitrogen and oxygen atoms in total. The topological polar surface area (TPSA) is 0 Å². The average molecular weight is 660 g/mol. The molecule has 2 heteroatoms. The predicted octanol–water partition coefficient (Wildman–Crippen LogP) is 13.5. The van der Waals surface area contributed by atoms with Crippen molar-refractivity contribution in [3.05, 3.63) is 130 Å². The van der Waals surface area contributed by atoms with Gasteiger partial charge in [0.2, 0.25) is 0 Å². The van der Waals surface area contributed by atoms with Crippen LogP contribution >= 0.6 is 0 Å². The molecule has 1 heterocycles. The van der Waals surface area contributed by atoms with E-state index < -0.39 is 22.1 Å². The fourth-order valence-electron chi connectivity index (χ4n) is 9.99. The molecule has 0 amide bonds. The van der Waals surface area contributed by atoms with E-state index in [1.54, 1.807) is 22.3 Å². The van der Waals surface area contributed by atoms with Crippen LogP contribution in [0.15, 0.2) is 108 Å². The van der Waals surface area contributed by atoms with Crippen molar-refractivity contribution in [3.8, 4) is 22.3 Å². The van der Waals surface area contributed by atoms with Crippen LogP contribution in [0.5, 0.6) is 0 Å². The summed E-state index contributed by atoms with van der Waals surface area (Å²) in [5.41, 5.74) is 16.2. The molecular weight excluding hydrogens is 608 g/mol. The van der Waals surface area contributed by atoms with E-state index in [-0.39, 0.29) is 0 Å². The number of benzene rings is 4. The summed E-state index contributed by atoms with van der Waals surface area (Å²) < 4.78 is 1.28. The van der Waals surface area contributed by atoms with E-state index in [2.05, 4.69) is 138 Å². The Hall–Kier alpha value is -2.84. The van der Waals surface area contributed by atoms with Gasteiger partial charge in [0, 0.05) is 0 Å². The second-order valence-corrected chi connectivity index (χ2v) is 25.2. The average Bonchev–Trinajstić information content (AvgIpc) is 3.65. The Labute approximate surface area is 282 Å². The molecule has 0 spiro atoms. The Morgan fingerprint density at radius 1 is 0.522 bits per heavy atom. The van der Waals surface area contributed by atoms with E-state index >= 15 is 0 Å². The SMILES string of the molecule is CCC[CH2][V]1([CH2]CCC)[CH]2C(CC)=C(c3c(-c4ccccc4)cccc32)[Si](C)(C)C2=C(CC)[CH]1c1cccc(-c3ccccc3)c12. The molecule has 237 valence electrons. The number of allylic oxidation sites excluding steroid dienone is 2. The fourth-order valence-corrected chi connectivity index (χ4v) is 25.3. The van der Waals surface area contributed by atoms with Crippen molar-refractivity contribution in [1.82, 2.24) is 0 Å². The van der Waals surface area contributed by atoms with Crippen LogP contribution < -0.4 is 0 Å². The molecule has 0 radical (unpaired) electrons. The monoisotopic (exact) mass is 659 g/mol. The van der Waals surface area contributed by atoms with Crippen LogP contribution in [0, 0.1) is 0 Å². The second-order valence-electron chi connectivity index (χ2n) is 14.5. The molecule has 0 saturated carbocycles. The van der Waals surface area contributed by atoms with Gasteiger partial charge in [-0.05, 0) is 0 Å². The molecule has 1 aliphatic heterocycles. The first kappa shape index (κ1) is 31.7. The van der Waals surface area contributed by atoms with Gasteiger partial charge in [0.05, 0.1) is 0 Å². The molecule has 4 aromatic carbocycles. The normalized spacial score (nSPS) is 20.4. The summed E-state index contributed by atoms with van der Waals surface area (Å²) in [5, 5.41) is 6.54. The Morgan fingerprint density at radius 3 is 1.30 bits per heavy atom. The van der Waals surface area contributed by atoms with Crippen molar-refractivity contribution in [3.63, 3.8) is 0 Å². The summed E-state index contributed by atoms with van der Waals surface area (Å²) in [4.78, 5) is 0. The van der Waals surface area contributed by atoms with Crippen LogP contribution in [-0.2, 0) is 14.0 Å². The molecule has 2 atom stereocenters. The Kier molecular flexibility index (Phi) is 8.73. The maximum atomic E-state index is 2.74. The number of unbranched alkanes of at least 4 members (excludes halogenated alkanes) is 2. The van der Waals surface area contributed by atoms with Gasteiger partial charge in [-0.3, -0.25) is 0 Å². The third kappa shape index (κ3) is 4.68. The van der Waals surface area contributed by atoms with Gasteiger partial charge >= 0.3 is 284 Å². The Bertz CT molecular complexity index is 1680. The van der Waals surface area contributed by atoms with E-state index in [0.717, 1.165) is 0 Å². The third-order valence-electron chi connectivity index (χ3n) is 11.7. The van der Waals surface area contributed by atoms with Gasteiger partial charge in [-0.15, -0.1) is 0 Å². The van der Waals surface area contributed by atoms with E-state index in [1.807, 2.05) is 21.5 Å². The molecule has 3 aliphatic rings.